The minimum atomic E-state index is -0.399. The minimum Gasteiger partial charge on any atom is -0.469 e. The molecule has 6 nitrogen and oxygen atoms in total. The number of aromatic amines is 1. The second-order valence-electron chi connectivity index (χ2n) is 4.18. The largest absolute Gasteiger partial charge is 0.469 e. The van der Waals surface area contributed by atoms with Crippen LogP contribution in [-0.2, 0) is 9.53 Å². The van der Waals surface area contributed by atoms with Crippen molar-refractivity contribution in [3.05, 3.63) is 21.6 Å². The molecule has 1 fully saturated rings. The van der Waals surface area contributed by atoms with Gasteiger partial charge in [-0.1, -0.05) is 11.6 Å². The monoisotopic (exact) mass is 271 g/mol. The Kier molecular flexibility index (Phi) is 3.86. The van der Waals surface area contributed by atoms with E-state index in [9.17, 15) is 9.59 Å². The van der Waals surface area contributed by atoms with E-state index in [0.717, 1.165) is 0 Å². The van der Waals surface area contributed by atoms with Crippen molar-refractivity contribution in [2.24, 2.45) is 5.92 Å². The average molecular weight is 272 g/mol. The number of esters is 1. The van der Waals surface area contributed by atoms with Gasteiger partial charge in [0.15, 0.2) is 0 Å². The number of H-pyrrole nitrogens is 1. The van der Waals surface area contributed by atoms with Gasteiger partial charge in [0.05, 0.1) is 24.9 Å². The molecule has 1 aliphatic heterocycles. The first kappa shape index (κ1) is 12.9. The molecule has 0 radical (unpaired) electrons. The zero-order chi connectivity index (χ0) is 13.1. The van der Waals surface area contributed by atoms with Crippen LogP contribution in [0.4, 0.5) is 5.69 Å². The topological polar surface area (TPSA) is 75.3 Å². The van der Waals surface area contributed by atoms with Crippen molar-refractivity contribution in [3.63, 3.8) is 0 Å². The zero-order valence-corrected chi connectivity index (χ0v) is 10.7. The SMILES string of the molecule is COC(=O)C1CCN(c2cn[nH]c(=O)c2Cl)CC1. The molecule has 0 aromatic carbocycles. The van der Waals surface area contributed by atoms with Gasteiger partial charge in [0, 0.05) is 13.1 Å². The van der Waals surface area contributed by atoms with Gasteiger partial charge in [-0.3, -0.25) is 9.59 Å². The van der Waals surface area contributed by atoms with Gasteiger partial charge in [0.1, 0.15) is 5.02 Å². The van der Waals surface area contributed by atoms with Crippen LogP contribution in [0.5, 0.6) is 0 Å². The smallest absolute Gasteiger partial charge is 0.308 e. The van der Waals surface area contributed by atoms with Crippen LogP contribution in [0.25, 0.3) is 0 Å². The molecule has 1 saturated heterocycles. The first-order chi connectivity index (χ1) is 8.63. The molecule has 0 amide bonds. The first-order valence-electron chi connectivity index (χ1n) is 5.69. The molecule has 1 N–H and O–H groups in total. The number of carbonyl (C=O) groups excluding carboxylic acids is 1. The van der Waals surface area contributed by atoms with Gasteiger partial charge in [-0.05, 0) is 12.8 Å². The maximum Gasteiger partial charge on any atom is 0.308 e. The lowest BCUT2D eigenvalue weighted by Crippen LogP contribution is -2.37. The highest BCUT2D eigenvalue weighted by Gasteiger charge is 2.26. The summed E-state index contributed by atoms with van der Waals surface area (Å²) in [6.45, 7) is 1.31. The number of anilines is 1. The second kappa shape index (κ2) is 5.39. The molecule has 0 bridgehead atoms. The van der Waals surface area contributed by atoms with E-state index in [-0.39, 0.29) is 16.9 Å². The molecule has 0 atom stereocenters. The van der Waals surface area contributed by atoms with Crippen molar-refractivity contribution in [2.45, 2.75) is 12.8 Å². The van der Waals surface area contributed by atoms with Crippen molar-refractivity contribution in [1.82, 2.24) is 10.2 Å². The summed E-state index contributed by atoms with van der Waals surface area (Å²) in [5.74, 6) is -0.246. The van der Waals surface area contributed by atoms with E-state index in [2.05, 4.69) is 10.2 Å². The Labute approximate surface area is 109 Å². The highest BCUT2D eigenvalue weighted by atomic mass is 35.5. The van der Waals surface area contributed by atoms with Crippen molar-refractivity contribution < 1.29 is 9.53 Å². The van der Waals surface area contributed by atoms with Gasteiger partial charge in [-0.15, -0.1) is 0 Å². The molecule has 0 spiro atoms. The predicted octanol–water partition coefficient (Wildman–Crippen LogP) is 0.813. The lowest BCUT2D eigenvalue weighted by atomic mass is 9.97. The number of rotatable bonds is 2. The normalized spacial score (nSPS) is 16.7. The van der Waals surface area contributed by atoms with Gasteiger partial charge in [-0.25, -0.2) is 5.10 Å². The number of nitrogens with one attached hydrogen (secondary N) is 1. The molecular weight excluding hydrogens is 258 g/mol. The van der Waals surface area contributed by atoms with Crippen LogP contribution in [-0.4, -0.2) is 36.4 Å². The van der Waals surface area contributed by atoms with Crippen molar-refractivity contribution >= 4 is 23.3 Å². The number of aromatic nitrogens is 2. The summed E-state index contributed by atoms with van der Waals surface area (Å²) >= 11 is 5.94. The number of methoxy groups -OCH3 is 1. The van der Waals surface area contributed by atoms with Crippen LogP contribution in [0.2, 0.25) is 5.02 Å². The summed E-state index contributed by atoms with van der Waals surface area (Å²) < 4.78 is 4.72. The lowest BCUT2D eigenvalue weighted by Gasteiger charge is -2.32. The molecule has 1 aromatic heterocycles. The first-order valence-corrected chi connectivity index (χ1v) is 6.07. The van der Waals surface area contributed by atoms with E-state index in [1.165, 1.54) is 13.3 Å². The maximum atomic E-state index is 11.4. The molecule has 98 valence electrons. The van der Waals surface area contributed by atoms with E-state index in [1.807, 2.05) is 4.90 Å². The van der Waals surface area contributed by atoms with Gasteiger partial charge in [0.2, 0.25) is 0 Å². The molecule has 2 heterocycles. The van der Waals surface area contributed by atoms with Crippen LogP contribution in [0, 0.1) is 5.92 Å². The van der Waals surface area contributed by atoms with Crippen LogP contribution in [0.1, 0.15) is 12.8 Å². The Morgan fingerprint density at radius 2 is 2.22 bits per heavy atom. The predicted molar refractivity (Wildman–Crippen MR) is 66.8 cm³/mol. The highest BCUT2D eigenvalue weighted by Crippen LogP contribution is 2.26. The number of halogens is 1. The maximum absolute atomic E-state index is 11.4. The molecular formula is C11H14ClN3O3. The van der Waals surface area contributed by atoms with Crippen molar-refractivity contribution in [1.29, 1.82) is 0 Å². The van der Waals surface area contributed by atoms with E-state index in [4.69, 9.17) is 16.3 Å². The fourth-order valence-electron chi connectivity index (χ4n) is 2.12. The third-order valence-corrected chi connectivity index (χ3v) is 3.51. The Balaban J connectivity index is 2.08. The Morgan fingerprint density at radius 1 is 1.56 bits per heavy atom. The summed E-state index contributed by atoms with van der Waals surface area (Å²) in [5.41, 5.74) is 0.216. The zero-order valence-electron chi connectivity index (χ0n) is 9.98. The Hall–Kier alpha value is -1.56. The standard InChI is InChI=1S/C11H14ClN3O3/c1-18-11(17)7-2-4-15(5-3-7)8-6-13-14-10(16)9(8)12/h6-7H,2-5H2,1H3,(H,14,16). The number of hydrogen-bond acceptors (Lipinski definition) is 5. The fourth-order valence-corrected chi connectivity index (χ4v) is 2.33. The molecule has 18 heavy (non-hydrogen) atoms. The van der Waals surface area contributed by atoms with E-state index < -0.39 is 5.56 Å². The summed E-state index contributed by atoms with van der Waals surface area (Å²) in [6, 6.07) is 0. The minimum absolute atomic E-state index is 0.0695. The fraction of sp³-hybridized carbons (Fsp3) is 0.545. The summed E-state index contributed by atoms with van der Waals surface area (Å²) in [5, 5.41) is 6.15. The van der Waals surface area contributed by atoms with Gasteiger partial charge >= 0.3 is 5.97 Å². The molecule has 0 aliphatic carbocycles. The van der Waals surface area contributed by atoms with E-state index >= 15 is 0 Å². The van der Waals surface area contributed by atoms with Crippen LogP contribution in [0.15, 0.2) is 11.0 Å². The molecule has 2 rings (SSSR count). The number of carbonyl (C=O) groups is 1. The average Bonchev–Trinajstić information content (AvgIpc) is 2.41. The van der Waals surface area contributed by atoms with Crippen molar-refractivity contribution in [3.8, 4) is 0 Å². The van der Waals surface area contributed by atoms with Gasteiger partial charge in [0.25, 0.3) is 5.56 Å². The molecule has 7 heteroatoms. The van der Waals surface area contributed by atoms with E-state index in [0.29, 0.717) is 31.6 Å². The van der Waals surface area contributed by atoms with Crippen LogP contribution < -0.4 is 10.5 Å². The molecule has 1 aromatic rings. The summed E-state index contributed by atoms with van der Waals surface area (Å²) in [7, 11) is 1.40. The van der Waals surface area contributed by atoms with Crippen molar-refractivity contribution in [2.75, 3.05) is 25.1 Å². The van der Waals surface area contributed by atoms with E-state index in [1.54, 1.807) is 0 Å². The third kappa shape index (κ3) is 2.48. The summed E-state index contributed by atoms with van der Waals surface area (Å²) in [4.78, 5) is 24.7. The quantitative estimate of drug-likeness (QED) is 0.806. The molecule has 0 unspecified atom stereocenters. The third-order valence-electron chi connectivity index (χ3n) is 3.15. The van der Waals surface area contributed by atoms with Gasteiger partial charge in [-0.2, -0.15) is 5.10 Å². The Morgan fingerprint density at radius 3 is 2.83 bits per heavy atom. The number of nitrogens with zero attached hydrogens (tertiary/aromatic N) is 2. The number of hydrogen-bond donors (Lipinski definition) is 1. The second-order valence-corrected chi connectivity index (χ2v) is 4.56. The Bertz CT molecular complexity index is 495. The number of piperidine rings is 1. The van der Waals surface area contributed by atoms with Gasteiger partial charge < -0.3 is 9.64 Å². The lowest BCUT2D eigenvalue weighted by molar-refractivity contribution is -0.146. The molecule has 0 saturated carbocycles. The highest BCUT2D eigenvalue weighted by molar-refractivity contribution is 6.32. The van der Waals surface area contributed by atoms with Crippen LogP contribution in [0.3, 0.4) is 0 Å². The summed E-state index contributed by atoms with van der Waals surface area (Å²) in [6.07, 6.45) is 2.91. The number of ether oxygens (including phenoxy) is 1. The van der Waals surface area contributed by atoms with Crippen LogP contribution >= 0.6 is 11.6 Å². The molecule has 1 aliphatic rings.